The standard InChI is InChI=1S/C17H26N2O2/c1-4-6-9-18-13(3)10-14-7-8-16-15(11-14)19(5-2)17(20)12-21-16/h7-8,11,13,18H,4-6,9-10,12H2,1-3H3. The molecule has 1 atom stereocenters. The van der Waals surface area contributed by atoms with Gasteiger partial charge in [0, 0.05) is 12.6 Å². The first-order chi connectivity index (χ1) is 10.2. The van der Waals surface area contributed by atoms with Crippen molar-refractivity contribution in [2.45, 2.75) is 46.1 Å². The van der Waals surface area contributed by atoms with Crippen molar-refractivity contribution in [3.8, 4) is 5.75 Å². The summed E-state index contributed by atoms with van der Waals surface area (Å²) in [7, 11) is 0. The van der Waals surface area contributed by atoms with Crippen molar-refractivity contribution in [3.63, 3.8) is 0 Å². The molecular formula is C17H26N2O2. The van der Waals surface area contributed by atoms with E-state index < -0.39 is 0 Å². The molecular weight excluding hydrogens is 264 g/mol. The number of rotatable bonds is 7. The minimum absolute atomic E-state index is 0.0382. The summed E-state index contributed by atoms with van der Waals surface area (Å²) < 4.78 is 5.50. The molecule has 0 bridgehead atoms. The van der Waals surface area contributed by atoms with E-state index in [2.05, 4.69) is 31.3 Å². The van der Waals surface area contributed by atoms with Gasteiger partial charge in [0.1, 0.15) is 5.75 Å². The van der Waals surface area contributed by atoms with Crippen molar-refractivity contribution in [3.05, 3.63) is 23.8 Å². The largest absolute Gasteiger partial charge is 0.482 e. The van der Waals surface area contributed by atoms with E-state index in [-0.39, 0.29) is 12.5 Å². The predicted molar refractivity (Wildman–Crippen MR) is 86.0 cm³/mol. The number of carbonyl (C=O) groups is 1. The molecule has 1 N–H and O–H groups in total. The number of carbonyl (C=O) groups excluding carboxylic acids is 1. The van der Waals surface area contributed by atoms with E-state index in [0.717, 1.165) is 24.4 Å². The smallest absolute Gasteiger partial charge is 0.265 e. The van der Waals surface area contributed by atoms with E-state index in [1.54, 1.807) is 4.90 Å². The number of ether oxygens (including phenoxy) is 1. The highest BCUT2D eigenvalue weighted by Gasteiger charge is 2.24. The molecule has 1 heterocycles. The number of benzene rings is 1. The molecule has 0 fully saturated rings. The van der Waals surface area contributed by atoms with Crippen LogP contribution in [-0.2, 0) is 11.2 Å². The Hall–Kier alpha value is -1.55. The van der Waals surface area contributed by atoms with Crippen molar-refractivity contribution in [1.29, 1.82) is 0 Å². The van der Waals surface area contributed by atoms with Crippen LogP contribution in [0.2, 0.25) is 0 Å². The van der Waals surface area contributed by atoms with Gasteiger partial charge in [-0.15, -0.1) is 0 Å². The lowest BCUT2D eigenvalue weighted by atomic mass is 10.0. The maximum atomic E-state index is 11.9. The highest BCUT2D eigenvalue weighted by Crippen LogP contribution is 2.33. The van der Waals surface area contributed by atoms with Crippen LogP contribution in [0.25, 0.3) is 0 Å². The van der Waals surface area contributed by atoms with Gasteiger partial charge in [0.25, 0.3) is 5.91 Å². The monoisotopic (exact) mass is 290 g/mol. The highest BCUT2D eigenvalue weighted by atomic mass is 16.5. The van der Waals surface area contributed by atoms with E-state index in [1.807, 2.05) is 13.0 Å². The maximum Gasteiger partial charge on any atom is 0.265 e. The third-order valence-corrected chi connectivity index (χ3v) is 3.85. The van der Waals surface area contributed by atoms with Crippen molar-refractivity contribution in [2.75, 3.05) is 24.6 Å². The minimum atomic E-state index is 0.0382. The Morgan fingerprint density at radius 2 is 2.19 bits per heavy atom. The fraction of sp³-hybridized carbons (Fsp3) is 0.588. The van der Waals surface area contributed by atoms with E-state index in [4.69, 9.17) is 4.74 Å². The lowest BCUT2D eigenvalue weighted by molar-refractivity contribution is -0.121. The van der Waals surface area contributed by atoms with E-state index in [0.29, 0.717) is 12.6 Å². The first kappa shape index (κ1) is 15.8. The molecule has 116 valence electrons. The Kier molecular flexibility index (Phi) is 5.62. The summed E-state index contributed by atoms with van der Waals surface area (Å²) in [5, 5.41) is 3.53. The molecule has 0 spiro atoms. The second-order valence-corrected chi connectivity index (χ2v) is 5.64. The third-order valence-electron chi connectivity index (χ3n) is 3.85. The molecule has 0 saturated heterocycles. The normalized spacial score (nSPS) is 15.6. The van der Waals surface area contributed by atoms with Crippen LogP contribution < -0.4 is 15.0 Å². The van der Waals surface area contributed by atoms with Gasteiger partial charge < -0.3 is 15.0 Å². The predicted octanol–water partition coefficient (Wildman–Crippen LogP) is 2.75. The van der Waals surface area contributed by atoms with Crippen molar-refractivity contribution in [1.82, 2.24) is 5.32 Å². The van der Waals surface area contributed by atoms with Crippen molar-refractivity contribution >= 4 is 11.6 Å². The maximum absolute atomic E-state index is 11.9. The molecule has 4 nitrogen and oxygen atoms in total. The molecule has 1 aliphatic rings. The van der Waals surface area contributed by atoms with Crippen LogP contribution in [0.3, 0.4) is 0 Å². The summed E-state index contributed by atoms with van der Waals surface area (Å²) >= 11 is 0. The summed E-state index contributed by atoms with van der Waals surface area (Å²) in [4.78, 5) is 13.7. The molecule has 0 saturated carbocycles. The number of fused-ring (bicyclic) bond motifs is 1. The topological polar surface area (TPSA) is 41.6 Å². The molecule has 0 aliphatic carbocycles. The quantitative estimate of drug-likeness (QED) is 0.785. The zero-order valence-electron chi connectivity index (χ0n) is 13.3. The van der Waals surface area contributed by atoms with E-state index >= 15 is 0 Å². The molecule has 4 heteroatoms. The summed E-state index contributed by atoms with van der Waals surface area (Å²) in [6.45, 7) is 8.29. The van der Waals surface area contributed by atoms with Gasteiger partial charge in [-0.1, -0.05) is 19.4 Å². The first-order valence-electron chi connectivity index (χ1n) is 7.95. The lowest BCUT2D eigenvalue weighted by Crippen LogP contribution is -2.38. The number of nitrogens with one attached hydrogen (secondary N) is 1. The number of amides is 1. The molecule has 1 aliphatic heterocycles. The molecule has 1 aromatic carbocycles. The Bertz CT molecular complexity index is 488. The Labute approximate surface area is 127 Å². The number of hydrogen-bond acceptors (Lipinski definition) is 3. The number of unbranched alkanes of at least 4 members (excludes halogenated alkanes) is 1. The zero-order chi connectivity index (χ0) is 15.2. The molecule has 0 aromatic heterocycles. The van der Waals surface area contributed by atoms with Crippen LogP contribution in [0, 0.1) is 0 Å². The number of anilines is 1. The molecule has 1 aromatic rings. The van der Waals surface area contributed by atoms with Gasteiger partial charge in [-0.3, -0.25) is 4.79 Å². The van der Waals surface area contributed by atoms with Gasteiger partial charge in [0.2, 0.25) is 0 Å². The van der Waals surface area contributed by atoms with Crippen LogP contribution in [0.5, 0.6) is 5.75 Å². The van der Waals surface area contributed by atoms with E-state index in [9.17, 15) is 4.79 Å². The van der Waals surface area contributed by atoms with Crippen LogP contribution >= 0.6 is 0 Å². The van der Waals surface area contributed by atoms with Gasteiger partial charge in [-0.05, 0) is 50.9 Å². The van der Waals surface area contributed by atoms with E-state index in [1.165, 1.54) is 18.4 Å². The van der Waals surface area contributed by atoms with Crippen LogP contribution in [-0.4, -0.2) is 31.6 Å². The van der Waals surface area contributed by atoms with Gasteiger partial charge in [0.05, 0.1) is 5.69 Å². The average Bonchev–Trinajstić information content (AvgIpc) is 2.47. The average molecular weight is 290 g/mol. The van der Waals surface area contributed by atoms with Gasteiger partial charge >= 0.3 is 0 Å². The Balaban J connectivity index is 2.06. The molecule has 1 unspecified atom stereocenters. The molecule has 2 rings (SSSR count). The van der Waals surface area contributed by atoms with Gasteiger partial charge in [-0.25, -0.2) is 0 Å². The third kappa shape index (κ3) is 3.97. The Morgan fingerprint density at radius 3 is 2.90 bits per heavy atom. The SMILES string of the molecule is CCCCNC(C)Cc1ccc2c(c1)N(CC)C(=O)CO2. The van der Waals surface area contributed by atoms with Crippen molar-refractivity contribution < 1.29 is 9.53 Å². The zero-order valence-corrected chi connectivity index (χ0v) is 13.3. The number of nitrogens with zero attached hydrogens (tertiary/aromatic N) is 1. The van der Waals surface area contributed by atoms with Gasteiger partial charge in [-0.2, -0.15) is 0 Å². The number of likely N-dealkylation sites (N-methyl/N-ethyl adjacent to an activating group) is 1. The summed E-state index contributed by atoms with van der Waals surface area (Å²) in [5.41, 5.74) is 2.15. The fourth-order valence-electron chi connectivity index (χ4n) is 2.67. The number of hydrogen-bond donors (Lipinski definition) is 1. The second kappa shape index (κ2) is 7.46. The second-order valence-electron chi connectivity index (χ2n) is 5.64. The molecule has 0 radical (unpaired) electrons. The van der Waals surface area contributed by atoms with Crippen LogP contribution in [0.1, 0.15) is 39.2 Å². The molecule has 1 amide bonds. The van der Waals surface area contributed by atoms with Crippen LogP contribution in [0.4, 0.5) is 5.69 Å². The first-order valence-corrected chi connectivity index (χ1v) is 7.95. The van der Waals surface area contributed by atoms with Gasteiger partial charge in [0.15, 0.2) is 6.61 Å². The summed E-state index contributed by atoms with van der Waals surface area (Å²) in [6, 6.07) is 6.61. The highest BCUT2D eigenvalue weighted by molar-refractivity contribution is 5.97. The summed E-state index contributed by atoms with van der Waals surface area (Å²) in [6.07, 6.45) is 3.38. The summed E-state index contributed by atoms with van der Waals surface area (Å²) in [5.74, 6) is 0.850. The lowest BCUT2D eigenvalue weighted by Gasteiger charge is -2.29. The van der Waals surface area contributed by atoms with Crippen LogP contribution in [0.15, 0.2) is 18.2 Å². The van der Waals surface area contributed by atoms with Crippen molar-refractivity contribution in [2.24, 2.45) is 0 Å². The Morgan fingerprint density at radius 1 is 1.38 bits per heavy atom. The fourth-order valence-corrected chi connectivity index (χ4v) is 2.67. The molecule has 21 heavy (non-hydrogen) atoms. The minimum Gasteiger partial charge on any atom is -0.482 e.